The van der Waals surface area contributed by atoms with Crippen molar-refractivity contribution < 1.29 is 0 Å². The van der Waals surface area contributed by atoms with Crippen molar-refractivity contribution in [1.82, 2.24) is 24.5 Å². The van der Waals surface area contributed by atoms with E-state index in [9.17, 15) is 4.79 Å². The number of H-pyrrole nitrogens is 1. The van der Waals surface area contributed by atoms with Crippen LogP contribution in [0.1, 0.15) is 0 Å². The maximum Gasteiger partial charge on any atom is 0.343 e. The molecule has 0 spiro atoms. The maximum atomic E-state index is 11.1. The summed E-state index contributed by atoms with van der Waals surface area (Å²) in [7, 11) is 1.68. The van der Waals surface area contributed by atoms with Crippen molar-refractivity contribution in [2.75, 3.05) is 11.5 Å². The standard InChI is InChI=1S/C8H12N6OS/c1-13-7(15)10-11-8(13)16-5-4-14-3-2-6(9)12-14/h2-3H,4-5H2,1H3,(H2,9,12)(H,10,15). The summed E-state index contributed by atoms with van der Waals surface area (Å²) in [5.74, 6) is 1.29. The summed E-state index contributed by atoms with van der Waals surface area (Å²) in [6, 6.07) is 1.74. The first-order valence-electron chi connectivity index (χ1n) is 4.70. The average molecular weight is 240 g/mol. The Morgan fingerprint density at radius 2 is 2.44 bits per heavy atom. The van der Waals surface area contributed by atoms with E-state index in [0.717, 1.165) is 12.3 Å². The SMILES string of the molecule is Cn1c(SCCn2ccc(N)n2)n[nH]c1=O. The van der Waals surface area contributed by atoms with Crippen molar-refractivity contribution >= 4 is 17.6 Å². The first-order chi connectivity index (χ1) is 7.66. The third kappa shape index (κ3) is 2.27. The zero-order valence-corrected chi connectivity index (χ0v) is 9.57. The van der Waals surface area contributed by atoms with Gasteiger partial charge in [0.05, 0.1) is 6.54 Å². The van der Waals surface area contributed by atoms with E-state index < -0.39 is 0 Å². The number of thioether (sulfide) groups is 1. The molecule has 0 aromatic carbocycles. The van der Waals surface area contributed by atoms with Crippen LogP contribution in [0.3, 0.4) is 0 Å². The summed E-state index contributed by atoms with van der Waals surface area (Å²) in [6.07, 6.45) is 1.82. The second-order valence-corrected chi connectivity index (χ2v) is 4.28. The number of hydrogen-bond donors (Lipinski definition) is 2. The fourth-order valence-electron chi connectivity index (χ4n) is 1.19. The molecule has 2 rings (SSSR count). The maximum absolute atomic E-state index is 11.1. The van der Waals surface area contributed by atoms with Gasteiger partial charge >= 0.3 is 5.69 Å². The average Bonchev–Trinajstić information content (AvgIpc) is 2.79. The van der Waals surface area contributed by atoms with Crippen molar-refractivity contribution in [3.63, 3.8) is 0 Å². The van der Waals surface area contributed by atoms with Crippen LogP contribution in [0.5, 0.6) is 0 Å². The lowest BCUT2D eigenvalue weighted by atomic mass is 10.7. The van der Waals surface area contributed by atoms with Crippen LogP contribution in [-0.2, 0) is 13.6 Å². The van der Waals surface area contributed by atoms with E-state index in [0.29, 0.717) is 11.0 Å². The molecule has 86 valence electrons. The zero-order chi connectivity index (χ0) is 11.5. The molecule has 2 aromatic rings. The number of anilines is 1. The third-order valence-corrected chi connectivity index (χ3v) is 3.06. The third-order valence-electron chi connectivity index (χ3n) is 2.05. The quantitative estimate of drug-likeness (QED) is 0.714. The van der Waals surface area contributed by atoms with Crippen molar-refractivity contribution in [3.05, 3.63) is 22.7 Å². The normalized spacial score (nSPS) is 10.8. The summed E-state index contributed by atoms with van der Waals surface area (Å²) in [4.78, 5) is 11.1. The predicted octanol–water partition coefficient (Wildman–Crippen LogP) is -0.321. The highest BCUT2D eigenvalue weighted by molar-refractivity contribution is 7.99. The molecule has 0 saturated carbocycles. The van der Waals surface area contributed by atoms with Crippen molar-refractivity contribution in [1.29, 1.82) is 0 Å². The van der Waals surface area contributed by atoms with Crippen molar-refractivity contribution in [3.8, 4) is 0 Å². The van der Waals surface area contributed by atoms with Crippen LogP contribution in [-0.4, -0.2) is 30.3 Å². The van der Waals surface area contributed by atoms with Gasteiger partial charge in [0.15, 0.2) is 5.16 Å². The van der Waals surface area contributed by atoms with Gasteiger partial charge in [0.25, 0.3) is 0 Å². The molecule has 3 N–H and O–H groups in total. The van der Waals surface area contributed by atoms with Gasteiger partial charge in [0, 0.05) is 19.0 Å². The number of aromatic nitrogens is 5. The zero-order valence-electron chi connectivity index (χ0n) is 8.75. The molecule has 7 nitrogen and oxygen atoms in total. The van der Waals surface area contributed by atoms with Crippen LogP contribution in [0.25, 0.3) is 0 Å². The molecule has 0 unspecified atom stereocenters. The summed E-state index contributed by atoms with van der Waals surface area (Å²) >= 11 is 1.49. The molecule has 0 aliphatic carbocycles. The smallest absolute Gasteiger partial charge is 0.343 e. The highest BCUT2D eigenvalue weighted by atomic mass is 32.2. The first kappa shape index (κ1) is 10.8. The minimum Gasteiger partial charge on any atom is -0.382 e. The summed E-state index contributed by atoms with van der Waals surface area (Å²) in [5.41, 5.74) is 5.28. The van der Waals surface area contributed by atoms with Gasteiger partial charge in [-0.1, -0.05) is 11.8 Å². The molecular weight excluding hydrogens is 228 g/mol. The van der Waals surface area contributed by atoms with E-state index in [1.807, 2.05) is 6.20 Å². The number of nitrogens with one attached hydrogen (secondary N) is 1. The second-order valence-electron chi connectivity index (χ2n) is 3.22. The molecular formula is C8H12N6OS. The van der Waals surface area contributed by atoms with Gasteiger partial charge in [-0.15, -0.1) is 5.10 Å². The number of nitrogens with two attached hydrogens (primary N) is 1. The number of aromatic amines is 1. The fourth-order valence-corrected chi connectivity index (χ4v) is 2.04. The van der Waals surface area contributed by atoms with Crippen LogP contribution in [0.4, 0.5) is 5.82 Å². The van der Waals surface area contributed by atoms with Gasteiger partial charge in [-0.05, 0) is 6.07 Å². The predicted molar refractivity (Wildman–Crippen MR) is 61.2 cm³/mol. The lowest BCUT2D eigenvalue weighted by Gasteiger charge is -2.00. The Hall–Kier alpha value is -1.70. The molecule has 0 radical (unpaired) electrons. The number of rotatable bonds is 4. The monoisotopic (exact) mass is 240 g/mol. The number of aryl methyl sites for hydroxylation is 1. The lowest BCUT2D eigenvalue weighted by Crippen LogP contribution is -2.13. The summed E-state index contributed by atoms with van der Waals surface area (Å²) in [6.45, 7) is 0.725. The molecule has 0 aliphatic rings. The van der Waals surface area contributed by atoms with Crippen LogP contribution in [0, 0.1) is 0 Å². The number of nitrogens with zero attached hydrogens (tertiary/aromatic N) is 4. The Labute approximate surface area is 95.6 Å². The van der Waals surface area contributed by atoms with Crippen molar-refractivity contribution in [2.45, 2.75) is 11.7 Å². The Kier molecular flexibility index (Phi) is 3.00. The molecule has 16 heavy (non-hydrogen) atoms. The number of nitrogen functional groups attached to an aromatic ring is 1. The Morgan fingerprint density at radius 1 is 1.62 bits per heavy atom. The largest absolute Gasteiger partial charge is 0.382 e. The second kappa shape index (κ2) is 4.44. The lowest BCUT2D eigenvalue weighted by molar-refractivity contribution is 0.667. The molecule has 2 aromatic heterocycles. The van der Waals surface area contributed by atoms with Crippen LogP contribution < -0.4 is 11.4 Å². The van der Waals surface area contributed by atoms with E-state index in [4.69, 9.17) is 5.73 Å². The Morgan fingerprint density at radius 3 is 3.00 bits per heavy atom. The van der Waals surface area contributed by atoms with Crippen LogP contribution >= 0.6 is 11.8 Å². The van der Waals surface area contributed by atoms with Gasteiger partial charge in [-0.2, -0.15) is 5.10 Å². The summed E-state index contributed by atoms with van der Waals surface area (Å²) in [5, 5.41) is 11.0. The molecule has 2 heterocycles. The van der Waals surface area contributed by atoms with E-state index in [1.165, 1.54) is 16.3 Å². The van der Waals surface area contributed by atoms with Gasteiger partial charge in [-0.3, -0.25) is 9.25 Å². The highest BCUT2D eigenvalue weighted by Gasteiger charge is 2.04. The highest BCUT2D eigenvalue weighted by Crippen LogP contribution is 2.12. The van der Waals surface area contributed by atoms with E-state index in [1.54, 1.807) is 17.8 Å². The fraction of sp³-hybridized carbons (Fsp3) is 0.375. The molecule has 0 atom stereocenters. The van der Waals surface area contributed by atoms with E-state index >= 15 is 0 Å². The minimum atomic E-state index is -0.203. The molecule has 0 fully saturated rings. The van der Waals surface area contributed by atoms with Crippen LogP contribution in [0.2, 0.25) is 0 Å². The Balaban J connectivity index is 1.89. The molecule has 8 heteroatoms. The molecule has 0 saturated heterocycles. The molecule has 0 bridgehead atoms. The van der Waals surface area contributed by atoms with Gasteiger partial charge in [0.2, 0.25) is 0 Å². The van der Waals surface area contributed by atoms with Crippen LogP contribution in [0.15, 0.2) is 22.2 Å². The molecule has 0 amide bonds. The molecule has 0 aliphatic heterocycles. The van der Waals surface area contributed by atoms with Gasteiger partial charge in [-0.25, -0.2) is 9.89 Å². The first-order valence-corrected chi connectivity index (χ1v) is 5.68. The number of hydrogen-bond acceptors (Lipinski definition) is 5. The van der Waals surface area contributed by atoms with Crippen molar-refractivity contribution in [2.24, 2.45) is 7.05 Å². The topological polar surface area (TPSA) is 94.5 Å². The van der Waals surface area contributed by atoms with E-state index in [-0.39, 0.29) is 5.69 Å². The van der Waals surface area contributed by atoms with E-state index in [2.05, 4.69) is 15.3 Å². The van der Waals surface area contributed by atoms with Gasteiger partial charge < -0.3 is 5.73 Å². The minimum absolute atomic E-state index is 0.203. The summed E-state index contributed by atoms with van der Waals surface area (Å²) < 4.78 is 3.23. The Bertz CT molecular complexity index is 527. The van der Waals surface area contributed by atoms with Gasteiger partial charge in [0.1, 0.15) is 5.82 Å².